The molecule has 0 unspecified atom stereocenters. The van der Waals surface area contributed by atoms with E-state index in [1.54, 1.807) is 7.11 Å². The first-order valence-electron chi connectivity index (χ1n) is 4.50. The Labute approximate surface area is 79.2 Å². The molecule has 2 nitrogen and oxygen atoms in total. The van der Waals surface area contributed by atoms with Crippen molar-refractivity contribution in [2.24, 2.45) is 5.92 Å². The highest BCUT2D eigenvalue weighted by molar-refractivity contribution is 5.28. The molecule has 13 heavy (non-hydrogen) atoms. The Hall–Kier alpha value is -1.02. The molecule has 0 bridgehead atoms. The Kier molecular flexibility index (Phi) is 3.77. The minimum Gasteiger partial charge on any atom is -0.497 e. The van der Waals surface area contributed by atoms with Gasteiger partial charge in [0.2, 0.25) is 0 Å². The van der Waals surface area contributed by atoms with Crippen LogP contribution >= 0.6 is 0 Å². The standard InChI is InChI=1S/C11H16O2/c1-9(8-12)6-10-4-3-5-11(7-10)13-2/h3-5,7,9,12H,6,8H2,1-2H3/t9-/m1/s1. The molecular weight excluding hydrogens is 164 g/mol. The van der Waals surface area contributed by atoms with Gasteiger partial charge in [0.15, 0.2) is 0 Å². The third-order valence-corrected chi connectivity index (χ3v) is 2.03. The highest BCUT2D eigenvalue weighted by Gasteiger charge is 2.02. The monoisotopic (exact) mass is 180 g/mol. The summed E-state index contributed by atoms with van der Waals surface area (Å²) >= 11 is 0. The summed E-state index contributed by atoms with van der Waals surface area (Å²) in [5.41, 5.74) is 1.21. The summed E-state index contributed by atoms with van der Waals surface area (Å²) in [5.74, 6) is 1.19. The molecule has 1 rings (SSSR count). The second-order valence-electron chi connectivity index (χ2n) is 3.34. The molecule has 0 saturated heterocycles. The number of rotatable bonds is 4. The quantitative estimate of drug-likeness (QED) is 0.766. The summed E-state index contributed by atoms with van der Waals surface area (Å²) in [6.07, 6.45) is 0.897. The molecule has 1 atom stereocenters. The van der Waals surface area contributed by atoms with Gasteiger partial charge in [-0.25, -0.2) is 0 Å². The molecule has 2 heteroatoms. The van der Waals surface area contributed by atoms with E-state index in [0.29, 0.717) is 5.92 Å². The van der Waals surface area contributed by atoms with E-state index in [2.05, 4.69) is 6.07 Å². The minimum atomic E-state index is 0.233. The van der Waals surface area contributed by atoms with Crippen molar-refractivity contribution >= 4 is 0 Å². The van der Waals surface area contributed by atoms with Gasteiger partial charge in [0, 0.05) is 6.61 Å². The highest BCUT2D eigenvalue weighted by atomic mass is 16.5. The summed E-state index contributed by atoms with van der Waals surface area (Å²) in [4.78, 5) is 0. The number of aliphatic hydroxyl groups excluding tert-OH is 1. The zero-order valence-corrected chi connectivity index (χ0v) is 8.16. The molecule has 0 amide bonds. The van der Waals surface area contributed by atoms with Gasteiger partial charge in [0.05, 0.1) is 7.11 Å². The molecule has 72 valence electrons. The average Bonchev–Trinajstić information content (AvgIpc) is 2.18. The lowest BCUT2D eigenvalue weighted by atomic mass is 10.0. The van der Waals surface area contributed by atoms with Crippen LogP contribution in [0.2, 0.25) is 0 Å². The van der Waals surface area contributed by atoms with Crippen molar-refractivity contribution in [3.63, 3.8) is 0 Å². The Balaban J connectivity index is 2.66. The molecule has 0 spiro atoms. The molecule has 0 saturated carbocycles. The maximum absolute atomic E-state index is 8.89. The first kappa shape index (κ1) is 10.1. The van der Waals surface area contributed by atoms with Crippen LogP contribution in [0.25, 0.3) is 0 Å². The van der Waals surface area contributed by atoms with Crippen LogP contribution < -0.4 is 4.74 Å². The van der Waals surface area contributed by atoms with Crippen LogP contribution in [0.3, 0.4) is 0 Å². The number of hydrogen-bond acceptors (Lipinski definition) is 2. The topological polar surface area (TPSA) is 29.5 Å². The zero-order chi connectivity index (χ0) is 9.68. The maximum atomic E-state index is 8.89. The minimum absolute atomic E-state index is 0.233. The smallest absolute Gasteiger partial charge is 0.119 e. The molecule has 0 radical (unpaired) electrons. The summed E-state index contributed by atoms with van der Waals surface area (Å²) in [5, 5.41) is 8.89. The van der Waals surface area contributed by atoms with Gasteiger partial charge in [-0.05, 0) is 30.0 Å². The first-order chi connectivity index (χ1) is 6.26. The van der Waals surface area contributed by atoms with Crippen molar-refractivity contribution < 1.29 is 9.84 Å². The maximum Gasteiger partial charge on any atom is 0.119 e. The largest absolute Gasteiger partial charge is 0.497 e. The van der Waals surface area contributed by atoms with Gasteiger partial charge in [-0.1, -0.05) is 19.1 Å². The van der Waals surface area contributed by atoms with E-state index in [1.165, 1.54) is 5.56 Å². The van der Waals surface area contributed by atoms with E-state index in [9.17, 15) is 0 Å². The van der Waals surface area contributed by atoms with E-state index in [1.807, 2.05) is 25.1 Å². The Morgan fingerprint density at radius 2 is 2.23 bits per heavy atom. The van der Waals surface area contributed by atoms with Crippen molar-refractivity contribution in [3.05, 3.63) is 29.8 Å². The molecule has 1 aromatic carbocycles. The summed E-state index contributed by atoms with van der Waals surface area (Å²) in [6.45, 7) is 2.26. The normalized spacial score (nSPS) is 12.5. The van der Waals surface area contributed by atoms with Gasteiger partial charge in [-0.2, -0.15) is 0 Å². The first-order valence-corrected chi connectivity index (χ1v) is 4.50. The summed E-state index contributed by atoms with van der Waals surface area (Å²) in [7, 11) is 1.66. The number of benzene rings is 1. The van der Waals surface area contributed by atoms with Crippen LogP contribution in [-0.2, 0) is 6.42 Å². The Bertz CT molecular complexity index is 258. The molecule has 0 fully saturated rings. The third kappa shape index (κ3) is 3.07. The Morgan fingerprint density at radius 1 is 1.46 bits per heavy atom. The van der Waals surface area contributed by atoms with Crippen LogP contribution in [0.4, 0.5) is 0 Å². The Morgan fingerprint density at radius 3 is 2.85 bits per heavy atom. The number of hydrogen-bond donors (Lipinski definition) is 1. The summed E-state index contributed by atoms with van der Waals surface area (Å²) in [6, 6.07) is 7.95. The molecule has 0 aliphatic rings. The van der Waals surface area contributed by atoms with Crippen molar-refractivity contribution in [1.82, 2.24) is 0 Å². The zero-order valence-electron chi connectivity index (χ0n) is 8.16. The van der Waals surface area contributed by atoms with Gasteiger partial charge in [-0.15, -0.1) is 0 Å². The molecule has 0 aliphatic heterocycles. The highest BCUT2D eigenvalue weighted by Crippen LogP contribution is 2.15. The van der Waals surface area contributed by atoms with Gasteiger partial charge in [-0.3, -0.25) is 0 Å². The van der Waals surface area contributed by atoms with Gasteiger partial charge in [0.1, 0.15) is 5.75 Å². The van der Waals surface area contributed by atoms with Gasteiger partial charge in [0.25, 0.3) is 0 Å². The second kappa shape index (κ2) is 4.87. The third-order valence-electron chi connectivity index (χ3n) is 2.03. The van der Waals surface area contributed by atoms with E-state index >= 15 is 0 Å². The number of aliphatic hydroxyl groups is 1. The van der Waals surface area contributed by atoms with Crippen LogP contribution in [0.1, 0.15) is 12.5 Å². The van der Waals surface area contributed by atoms with E-state index in [-0.39, 0.29) is 6.61 Å². The summed E-state index contributed by atoms with van der Waals surface area (Å²) < 4.78 is 5.11. The van der Waals surface area contributed by atoms with Crippen LogP contribution in [0.5, 0.6) is 5.75 Å². The molecule has 1 aromatic rings. The predicted octanol–water partition coefficient (Wildman–Crippen LogP) is 1.87. The fraction of sp³-hybridized carbons (Fsp3) is 0.455. The van der Waals surface area contributed by atoms with Crippen molar-refractivity contribution in [3.8, 4) is 5.75 Å². The lowest BCUT2D eigenvalue weighted by molar-refractivity contribution is 0.237. The average molecular weight is 180 g/mol. The lowest BCUT2D eigenvalue weighted by Crippen LogP contribution is -2.04. The van der Waals surface area contributed by atoms with Crippen molar-refractivity contribution in [2.45, 2.75) is 13.3 Å². The molecule has 0 heterocycles. The van der Waals surface area contributed by atoms with E-state index in [4.69, 9.17) is 9.84 Å². The fourth-order valence-corrected chi connectivity index (χ4v) is 1.27. The molecule has 0 aliphatic carbocycles. The van der Waals surface area contributed by atoms with Crippen molar-refractivity contribution in [1.29, 1.82) is 0 Å². The number of ether oxygens (including phenoxy) is 1. The van der Waals surface area contributed by atoms with Crippen LogP contribution in [-0.4, -0.2) is 18.8 Å². The molecular formula is C11H16O2. The van der Waals surface area contributed by atoms with Crippen LogP contribution in [0.15, 0.2) is 24.3 Å². The number of methoxy groups -OCH3 is 1. The lowest BCUT2D eigenvalue weighted by Gasteiger charge is -2.08. The second-order valence-corrected chi connectivity index (χ2v) is 3.34. The van der Waals surface area contributed by atoms with Gasteiger partial charge >= 0.3 is 0 Å². The van der Waals surface area contributed by atoms with E-state index < -0.39 is 0 Å². The van der Waals surface area contributed by atoms with Crippen molar-refractivity contribution in [2.75, 3.05) is 13.7 Å². The fourth-order valence-electron chi connectivity index (χ4n) is 1.27. The molecule has 0 aromatic heterocycles. The SMILES string of the molecule is COc1cccc(C[C@@H](C)CO)c1. The van der Waals surface area contributed by atoms with Gasteiger partial charge < -0.3 is 9.84 Å². The predicted molar refractivity (Wildman–Crippen MR) is 52.9 cm³/mol. The van der Waals surface area contributed by atoms with E-state index in [0.717, 1.165) is 12.2 Å². The van der Waals surface area contributed by atoms with Crippen LogP contribution in [0, 0.1) is 5.92 Å². The molecule has 1 N–H and O–H groups in total.